The molecule has 0 atom stereocenters. The van der Waals surface area contributed by atoms with E-state index in [9.17, 15) is 4.57 Å². The molecule has 0 aliphatic rings. The van der Waals surface area contributed by atoms with Crippen LogP contribution in [0.25, 0.3) is 10.9 Å². The predicted octanol–water partition coefficient (Wildman–Crippen LogP) is 2.43. The van der Waals surface area contributed by atoms with Gasteiger partial charge in [-0.1, -0.05) is 18.2 Å². The molecule has 2 aromatic rings. The lowest BCUT2D eigenvalue weighted by Gasteiger charge is -2.03. The molecule has 0 aliphatic heterocycles. The van der Waals surface area contributed by atoms with E-state index in [0.717, 1.165) is 16.2 Å². The average molecular weight is 207 g/mol. The van der Waals surface area contributed by atoms with Gasteiger partial charge >= 0.3 is 0 Å². The first kappa shape index (κ1) is 9.54. The van der Waals surface area contributed by atoms with Crippen molar-refractivity contribution in [2.24, 2.45) is 7.05 Å². The highest BCUT2D eigenvalue weighted by Crippen LogP contribution is 2.37. The molecule has 0 saturated carbocycles. The van der Waals surface area contributed by atoms with Crippen molar-refractivity contribution in [3.05, 3.63) is 30.5 Å². The molecule has 0 amide bonds. The lowest BCUT2D eigenvalue weighted by atomic mass is 10.2. The van der Waals surface area contributed by atoms with Crippen molar-refractivity contribution in [1.82, 2.24) is 4.57 Å². The average Bonchev–Trinajstić information content (AvgIpc) is 2.44. The molecule has 74 valence electrons. The molecule has 3 heteroatoms. The highest BCUT2D eigenvalue weighted by Gasteiger charge is 2.16. The van der Waals surface area contributed by atoms with Crippen molar-refractivity contribution in [1.29, 1.82) is 0 Å². The minimum absolute atomic E-state index is 0.982. The summed E-state index contributed by atoms with van der Waals surface area (Å²) in [6.45, 7) is 3.63. The fraction of sp³-hybridized carbons (Fsp3) is 0.273. The van der Waals surface area contributed by atoms with Crippen molar-refractivity contribution in [2.45, 2.75) is 0 Å². The molecule has 0 N–H and O–H groups in total. The van der Waals surface area contributed by atoms with E-state index in [0.29, 0.717) is 0 Å². The molecule has 14 heavy (non-hydrogen) atoms. The summed E-state index contributed by atoms with van der Waals surface area (Å²) in [4.78, 5) is 0. The Morgan fingerprint density at radius 3 is 2.50 bits per heavy atom. The van der Waals surface area contributed by atoms with Crippen LogP contribution in [0.15, 0.2) is 30.5 Å². The second-order valence-electron chi connectivity index (χ2n) is 3.99. The molecule has 0 fully saturated rings. The zero-order chi connectivity index (χ0) is 10.3. The first-order valence-corrected chi connectivity index (χ1v) is 7.20. The van der Waals surface area contributed by atoms with Gasteiger partial charge in [0.25, 0.3) is 0 Å². The SMILES string of the molecule is Cn1cc(P(C)(C)=O)c2ccccc21. The number of benzene rings is 1. The van der Waals surface area contributed by atoms with E-state index >= 15 is 0 Å². The molecule has 2 nitrogen and oxygen atoms in total. The van der Waals surface area contributed by atoms with Crippen LogP contribution in [0.4, 0.5) is 0 Å². The zero-order valence-corrected chi connectivity index (χ0v) is 9.58. The molecular formula is C11H14NOP. The van der Waals surface area contributed by atoms with E-state index in [2.05, 4.69) is 6.07 Å². The van der Waals surface area contributed by atoms with Crippen LogP contribution in [0.2, 0.25) is 0 Å². The van der Waals surface area contributed by atoms with Crippen LogP contribution in [-0.4, -0.2) is 17.9 Å². The van der Waals surface area contributed by atoms with Gasteiger partial charge in [0.05, 0.1) is 0 Å². The standard InChI is InChI=1S/C11H14NOP/c1-12-8-11(14(2,3)13)9-6-4-5-7-10(9)12/h4-8H,1-3H3. The number of rotatable bonds is 1. The summed E-state index contributed by atoms with van der Waals surface area (Å²) in [5.74, 6) is 0. The molecule has 0 spiro atoms. The Balaban J connectivity index is 2.86. The van der Waals surface area contributed by atoms with Gasteiger partial charge in [0.15, 0.2) is 0 Å². The van der Waals surface area contributed by atoms with E-state index < -0.39 is 7.14 Å². The van der Waals surface area contributed by atoms with Crippen molar-refractivity contribution in [2.75, 3.05) is 13.3 Å². The summed E-state index contributed by atoms with van der Waals surface area (Å²) in [6.07, 6.45) is 1.98. The first-order valence-electron chi connectivity index (χ1n) is 4.60. The molecule has 0 radical (unpaired) electrons. The third-order valence-corrected chi connectivity index (χ3v) is 3.97. The third kappa shape index (κ3) is 1.40. The number of nitrogens with zero attached hydrogens (tertiary/aromatic N) is 1. The first-order chi connectivity index (χ1) is 6.50. The van der Waals surface area contributed by atoms with Crippen LogP contribution in [0.5, 0.6) is 0 Å². The van der Waals surface area contributed by atoms with Gasteiger partial charge in [0.2, 0.25) is 0 Å². The summed E-state index contributed by atoms with van der Waals surface area (Å²) in [6, 6.07) is 8.07. The number of para-hydroxylation sites is 1. The maximum absolute atomic E-state index is 12.0. The van der Waals surface area contributed by atoms with Crippen molar-refractivity contribution < 1.29 is 4.57 Å². The van der Waals surface area contributed by atoms with Gasteiger partial charge in [-0.05, 0) is 19.4 Å². The van der Waals surface area contributed by atoms with Crippen LogP contribution < -0.4 is 5.30 Å². The van der Waals surface area contributed by atoms with Crippen LogP contribution in [0, 0.1) is 0 Å². The molecule has 1 heterocycles. The third-order valence-electron chi connectivity index (χ3n) is 2.46. The van der Waals surface area contributed by atoms with Gasteiger partial charge in [0, 0.05) is 29.5 Å². The molecule has 0 aliphatic carbocycles. The van der Waals surface area contributed by atoms with Crippen molar-refractivity contribution in [3.63, 3.8) is 0 Å². The van der Waals surface area contributed by atoms with Gasteiger partial charge in [0.1, 0.15) is 7.14 Å². The number of hydrogen-bond acceptors (Lipinski definition) is 1. The number of aromatic nitrogens is 1. The maximum atomic E-state index is 12.0. The summed E-state index contributed by atoms with van der Waals surface area (Å²) in [5.41, 5.74) is 1.14. The highest BCUT2D eigenvalue weighted by atomic mass is 31.2. The lowest BCUT2D eigenvalue weighted by molar-refractivity contribution is 0.588. The second kappa shape index (κ2) is 2.99. The lowest BCUT2D eigenvalue weighted by Crippen LogP contribution is -2.00. The van der Waals surface area contributed by atoms with E-state index in [1.54, 1.807) is 0 Å². The van der Waals surface area contributed by atoms with Gasteiger partial charge in [-0.25, -0.2) is 0 Å². The predicted molar refractivity (Wildman–Crippen MR) is 62.0 cm³/mol. The molecule has 0 bridgehead atoms. The normalized spacial score (nSPS) is 12.2. The van der Waals surface area contributed by atoms with E-state index in [4.69, 9.17) is 0 Å². The van der Waals surface area contributed by atoms with Crippen LogP contribution in [0.3, 0.4) is 0 Å². The van der Waals surface area contributed by atoms with Crippen molar-refractivity contribution in [3.8, 4) is 0 Å². The molecule has 0 unspecified atom stereocenters. The summed E-state index contributed by atoms with van der Waals surface area (Å²) in [5, 5.41) is 2.10. The molecule has 2 rings (SSSR count). The Morgan fingerprint density at radius 1 is 1.21 bits per heavy atom. The second-order valence-corrected chi connectivity index (χ2v) is 7.18. The number of aryl methyl sites for hydroxylation is 1. The summed E-state index contributed by atoms with van der Waals surface area (Å²) >= 11 is 0. The van der Waals surface area contributed by atoms with Gasteiger partial charge in [-0.15, -0.1) is 0 Å². The fourth-order valence-corrected chi connectivity index (χ4v) is 2.97. The molecule has 1 aromatic heterocycles. The van der Waals surface area contributed by atoms with Gasteiger partial charge in [-0.3, -0.25) is 0 Å². The van der Waals surface area contributed by atoms with Crippen LogP contribution >= 0.6 is 7.14 Å². The van der Waals surface area contributed by atoms with E-state index in [1.165, 1.54) is 0 Å². The smallest absolute Gasteiger partial charge is 0.111 e. The largest absolute Gasteiger partial charge is 0.350 e. The Kier molecular flexibility index (Phi) is 2.04. The summed E-state index contributed by atoms with van der Waals surface area (Å²) in [7, 11) is -0.176. The molecule has 1 aromatic carbocycles. The maximum Gasteiger partial charge on any atom is 0.111 e. The molecule has 0 saturated heterocycles. The monoisotopic (exact) mass is 207 g/mol. The Labute approximate surface area is 83.9 Å². The minimum atomic E-state index is -2.16. The van der Waals surface area contributed by atoms with Gasteiger partial charge in [-0.2, -0.15) is 0 Å². The zero-order valence-electron chi connectivity index (χ0n) is 8.69. The number of hydrogen-bond donors (Lipinski definition) is 0. The van der Waals surface area contributed by atoms with Crippen molar-refractivity contribution >= 4 is 23.3 Å². The Morgan fingerprint density at radius 2 is 1.86 bits per heavy atom. The van der Waals surface area contributed by atoms with Gasteiger partial charge < -0.3 is 9.13 Å². The number of fused-ring (bicyclic) bond motifs is 1. The fourth-order valence-electron chi connectivity index (χ4n) is 1.75. The van der Waals surface area contributed by atoms with E-state index in [1.807, 2.05) is 49.3 Å². The topological polar surface area (TPSA) is 22.0 Å². The Hall–Kier alpha value is -1.01. The van der Waals surface area contributed by atoms with Crippen LogP contribution in [-0.2, 0) is 11.6 Å². The summed E-state index contributed by atoms with van der Waals surface area (Å²) < 4.78 is 14.1. The highest BCUT2D eigenvalue weighted by molar-refractivity contribution is 7.70. The quantitative estimate of drug-likeness (QED) is 0.658. The molecular weight excluding hydrogens is 193 g/mol. The van der Waals surface area contributed by atoms with Crippen LogP contribution in [0.1, 0.15) is 0 Å². The minimum Gasteiger partial charge on any atom is -0.350 e. The van der Waals surface area contributed by atoms with E-state index in [-0.39, 0.29) is 0 Å². The Bertz CT molecular complexity index is 521.